The minimum Gasteiger partial charge on any atom is -0.385 e. The highest BCUT2D eigenvalue weighted by atomic mass is 16.4. The van der Waals surface area contributed by atoms with Crippen molar-refractivity contribution in [2.45, 2.75) is 83.2 Å². The van der Waals surface area contributed by atoms with Gasteiger partial charge in [0, 0.05) is 17.5 Å². The van der Waals surface area contributed by atoms with Crippen LogP contribution in [-0.2, 0) is 5.41 Å². The fraction of sp³-hybridized carbons (Fsp3) is 0.520. The normalized spacial score (nSPS) is 24.5. The number of aliphatic hydroxyl groups is 2. The van der Waals surface area contributed by atoms with Crippen LogP contribution in [0.2, 0.25) is 0 Å². The van der Waals surface area contributed by atoms with Crippen LogP contribution in [0.4, 0.5) is 0 Å². The summed E-state index contributed by atoms with van der Waals surface area (Å²) in [5.74, 6) is 0. The molecule has 4 atom stereocenters. The van der Waals surface area contributed by atoms with Crippen LogP contribution in [0.25, 0.3) is 11.1 Å². The van der Waals surface area contributed by atoms with Gasteiger partial charge in [-0.2, -0.15) is 0 Å². The maximum absolute atomic E-state index is 11.7. The third-order valence-electron chi connectivity index (χ3n) is 7.00. The highest BCUT2D eigenvalue weighted by Gasteiger charge is 2.51. The molecule has 3 heteroatoms. The van der Waals surface area contributed by atoms with Crippen LogP contribution in [0.3, 0.4) is 0 Å². The van der Waals surface area contributed by atoms with E-state index in [2.05, 4.69) is 43.0 Å². The fourth-order valence-electron chi connectivity index (χ4n) is 4.71. The summed E-state index contributed by atoms with van der Waals surface area (Å²) in [6.45, 7) is 10.2. The van der Waals surface area contributed by atoms with Gasteiger partial charge in [-0.25, -0.2) is 0 Å². The van der Waals surface area contributed by atoms with E-state index in [1.807, 2.05) is 44.2 Å². The maximum atomic E-state index is 11.7. The summed E-state index contributed by atoms with van der Waals surface area (Å²) < 4.78 is 0. The Bertz CT molecular complexity index is 774. The molecule has 1 saturated heterocycles. The molecule has 0 saturated carbocycles. The zero-order valence-corrected chi connectivity index (χ0v) is 17.9. The first-order valence-electron chi connectivity index (χ1n) is 10.5. The van der Waals surface area contributed by atoms with Gasteiger partial charge in [-0.3, -0.25) is 4.90 Å². The van der Waals surface area contributed by atoms with E-state index in [4.69, 9.17) is 0 Å². The average Bonchev–Trinajstić information content (AvgIpc) is 2.68. The van der Waals surface area contributed by atoms with E-state index in [0.29, 0.717) is 0 Å². The Morgan fingerprint density at radius 1 is 0.893 bits per heavy atom. The highest BCUT2D eigenvalue weighted by Crippen LogP contribution is 2.43. The summed E-state index contributed by atoms with van der Waals surface area (Å²) in [6.07, 6.45) is 2.35. The average molecular weight is 382 g/mol. The zero-order valence-electron chi connectivity index (χ0n) is 17.9. The topological polar surface area (TPSA) is 43.7 Å². The van der Waals surface area contributed by atoms with Gasteiger partial charge < -0.3 is 10.2 Å². The summed E-state index contributed by atoms with van der Waals surface area (Å²) in [5.41, 5.74) is 1.28. The summed E-state index contributed by atoms with van der Waals surface area (Å²) in [4.78, 5) is 2.11. The van der Waals surface area contributed by atoms with E-state index in [1.54, 1.807) is 6.92 Å². The predicted octanol–water partition coefficient (Wildman–Crippen LogP) is 4.96. The molecule has 3 rings (SSSR count). The number of hydrogen-bond acceptors (Lipinski definition) is 3. The van der Waals surface area contributed by atoms with Crippen LogP contribution < -0.4 is 0 Å². The monoisotopic (exact) mass is 381 g/mol. The maximum Gasteiger partial charge on any atom is 0.137 e. The lowest BCUT2D eigenvalue weighted by atomic mass is 9.67. The number of benzene rings is 2. The van der Waals surface area contributed by atoms with Crippen molar-refractivity contribution in [3.8, 4) is 11.1 Å². The number of piperidine rings is 1. The molecule has 2 N–H and O–H groups in total. The van der Waals surface area contributed by atoms with Crippen LogP contribution >= 0.6 is 0 Å². The minimum absolute atomic E-state index is 0.255. The van der Waals surface area contributed by atoms with Crippen molar-refractivity contribution < 1.29 is 10.2 Å². The van der Waals surface area contributed by atoms with Crippen molar-refractivity contribution in [2.24, 2.45) is 0 Å². The van der Waals surface area contributed by atoms with Crippen LogP contribution in [0.15, 0.2) is 54.6 Å². The lowest BCUT2D eigenvalue weighted by molar-refractivity contribution is -0.195. The van der Waals surface area contributed by atoms with Gasteiger partial charge in [0.2, 0.25) is 0 Å². The second kappa shape index (κ2) is 7.98. The van der Waals surface area contributed by atoms with Crippen LogP contribution in [0.5, 0.6) is 0 Å². The highest BCUT2D eigenvalue weighted by molar-refractivity contribution is 5.69. The van der Waals surface area contributed by atoms with Gasteiger partial charge >= 0.3 is 0 Å². The quantitative estimate of drug-likeness (QED) is 0.769. The number of rotatable bonds is 5. The second-order valence-corrected chi connectivity index (χ2v) is 9.13. The lowest BCUT2D eigenvalue weighted by Gasteiger charge is -2.52. The van der Waals surface area contributed by atoms with E-state index in [0.717, 1.165) is 29.5 Å². The SMILES string of the molecule is CC1CCCC(C)N1C(O)C(C)(O)C(C)(C)c1ccccc1-c1ccccc1. The Morgan fingerprint density at radius 3 is 2.04 bits per heavy atom. The second-order valence-electron chi connectivity index (χ2n) is 9.13. The standard InChI is InChI=1S/C25H35NO2/c1-18-12-11-13-19(2)26(18)23(27)25(5,28)24(3,4)22-17-10-9-16-21(22)20-14-7-6-8-15-20/h6-10,14-19,23,27-28H,11-13H2,1-5H3. The fourth-order valence-corrected chi connectivity index (χ4v) is 4.71. The van der Waals surface area contributed by atoms with Crippen LogP contribution in [0.1, 0.15) is 59.4 Å². The molecule has 28 heavy (non-hydrogen) atoms. The molecule has 0 bridgehead atoms. The van der Waals surface area contributed by atoms with Gasteiger partial charge in [0.25, 0.3) is 0 Å². The lowest BCUT2D eigenvalue weighted by Crippen LogP contribution is -2.64. The molecule has 4 unspecified atom stereocenters. The van der Waals surface area contributed by atoms with Crippen molar-refractivity contribution in [2.75, 3.05) is 0 Å². The largest absolute Gasteiger partial charge is 0.385 e. The Balaban J connectivity index is 2.02. The van der Waals surface area contributed by atoms with Crippen LogP contribution in [-0.4, -0.2) is 39.0 Å². The first-order chi connectivity index (χ1) is 13.2. The molecule has 1 fully saturated rings. The van der Waals surface area contributed by atoms with Crippen molar-refractivity contribution in [1.82, 2.24) is 4.90 Å². The van der Waals surface area contributed by atoms with Gasteiger partial charge in [0.1, 0.15) is 11.8 Å². The molecule has 0 spiro atoms. The van der Waals surface area contributed by atoms with Gasteiger partial charge in [0.15, 0.2) is 0 Å². The van der Waals surface area contributed by atoms with Gasteiger partial charge in [0.05, 0.1) is 0 Å². The molecule has 1 heterocycles. The van der Waals surface area contributed by atoms with Crippen molar-refractivity contribution in [3.05, 3.63) is 60.2 Å². The third kappa shape index (κ3) is 3.63. The Hall–Kier alpha value is -1.68. The molecular formula is C25H35NO2. The Labute approximate surface area is 170 Å². The third-order valence-corrected chi connectivity index (χ3v) is 7.00. The molecule has 0 radical (unpaired) electrons. The van der Waals surface area contributed by atoms with Crippen molar-refractivity contribution in [3.63, 3.8) is 0 Å². The first kappa shape index (κ1) is 21.0. The van der Waals surface area contributed by atoms with Gasteiger partial charge in [-0.1, -0.05) is 74.9 Å². The Morgan fingerprint density at radius 2 is 1.43 bits per heavy atom. The molecule has 0 aliphatic carbocycles. The minimum atomic E-state index is -1.32. The molecule has 2 aromatic rings. The number of likely N-dealkylation sites (tertiary alicyclic amines) is 1. The molecule has 3 nitrogen and oxygen atoms in total. The molecule has 1 aliphatic heterocycles. The summed E-state index contributed by atoms with van der Waals surface area (Å²) in [6, 6.07) is 19.0. The van der Waals surface area contributed by atoms with E-state index < -0.39 is 17.2 Å². The van der Waals surface area contributed by atoms with Gasteiger partial charge in [-0.05, 0) is 50.3 Å². The smallest absolute Gasteiger partial charge is 0.137 e. The van der Waals surface area contributed by atoms with E-state index in [1.165, 1.54) is 6.42 Å². The Kier molecular flexibility index (Phi) is 6.00. The van der Waals surface area contributed by atoms with E-state index in [9.17, 15) is 10.2 Å². The molecule has 0 amide bonds. The summed E-state index contributed by atoms with van der Waals surface area (Å²) in [5, 5.41) is 23.1. The molecular weight excluding hydrogens is 346 g/mol. The van der Waals surface area contributed by atoms with Crippen molar-refractivity contribution in [1.29, 1.82) is 0 Å². The van der Waals surface area contributed by atoms with E-state index >= 15 is 0 Å². The molecule has 0 aromatic heterocycles. The summed E-state index contributed by atoms with van der Waals surface area (Å²) >= 11 is 0. The first-order valence-corrected chi connectivity index (χ1v) is 10.5. The predicted molar refractivity (Wildman–Crippen MR) is 116 cm³/mol. The van der Waals surface area contributed by atoms with Gasteiger partial charge in [-0.15, -0.1) is 0 Å². The zero-order chi connectivity index (χ0) is 20.5. The molecule has 2 aromatic carbocycles. The van der Waals surface area contributed by atoms with Crippen LogP contribution in [0, 0.1) is 0 Å². The molecule has 1 aliphatic rings. The summed E-state index contributed by atoms with van der Waals surface area (Å²) in [7, 11) is 0. The number of aliphatic hydroxyl groups excluding tert-OH is 1. The van der Waals surface area contributed by atoms with E-state index in [-0.39, 0.29) is 12.1 Å². The molecule has 152 valence electrons. The van der Waals surface area contributed by atoms with Crippen molar-refractivity contribution >= 4 is 0 Å². The number of nitrogens with zero attached hydrogens (tertiary/aromatic N) is 1. The number of hydrogen-bond donors (Lipinski definition) is 2.